The van der Waals surface area contributed by atoms with Crippen molar-refractivity contribution in [3.63, 3.8) is 0 Å². The number of morpholine rings is 1. The summed E-state index contributed by atoms with van der Waals surface area (Å²) >= 11 is 3.62. The van der Waals surface area contributed by atoms with Gasteiger partial charge in [-0.2, -0.15) is 0 Å². The normalized spacial score (nSPS) is 22.0. The molecule has 1 atom stereocenters. The fraction of sp³-hybridized carbons (Fsp3) is 0.452. The van der Waals surface area contributed by atoms with Crippen LogP contribution in [0.4, 0.5) is 11.4 Å². The molecular formula is C31H36N4O3S2. The Morgan fingerprint density at radius 2 is 1.70 bits per heavy atom. The van der Waals surface area contributed by atoms with Crippen LogP contribution < -0.4 is 15.8 Å². The number of ether oxygens (including phenoxy) is 2. The molecule has 3 fully saturated rings. The number of pyridine rings is 1. The molecule has 0 amide bonds. The first-order valence-corrected chi connectivity index (χ1v) is 16.1. The maximum atomic E-state index is 12.7. The van der Waals surface area contributed by atoms with Crippen LogP contribution in [0.3, 0.4) is 0 Å². The molecule has 0 radical (unpaired) electrons. The predicted molar refractivity (Wildman–Crippen MR) is 162 cm³/mol. The van der Waals surface area contributed by atoms with Gasteiger partial charge >= 0.3 is 0 Å². The van der Waals surface area contributed by atoms with E-state index >= 15 is 0 Å². The van der Waals surface area contributed by atoms with Gasteiger partial charge in [-0.25, -0.2) is 0 Å². The summed E-state index contributed by atoms with van der Waals surface area (Å²) in [7, 11) is 0. The summed E-state index contributed by atoms with van der Waals surface area (Å²) in [6.45, 7) is 7.11. The van der Waals surface area contributed by atoms with Crippen LogP contribution in [0, 0.1) is 0 Å². The fourth-order valence-electron chi connectivity index (χ4n) is 6.32. The minimum Gasteiger partial charge on any atom is -0.381 e. The maximum Gasteiger partial charge on any atom is 0.250 e. The van der Waals surface area contributed by atoms with Crippen LogP contribution in [0.5, 0.6) is 0 Å². The molecule has 40 heavy (non-hydrogen) atoms. The average Bonchev–Trinajstić information content (AvgIpc) is 3.00. The third kappa shape index (κ3) is 5.67. The second kappa shape index (κ2) is 11.8. The first kappa shape index (κ1) is 26.5. The Morgan fingerprint density at radius 1 is 0.850 bits per heavy atom. The van der Waals surface area contributed by atoms with Gasteiger partial charge in [0.2, 0.25) is 5.56 Å². The topological polar surface area (TPSA) is 69.8 Å². The van der Waals surface area contributed by atoms with E-state index in [0.29, 0.717) is 25.3 Å². The van der Waals surface area contributed by atoms with Crippen LogP contribution in [0.1, 0.15) is 25.7 Å². The van der Waals surface area contributed by atoms with Crippen molar-refractivity contribution in [3.05, 3.63) is 58.9 Å². The highest BCUT2D eigenvalue weighted by Crippen LogP contribution is 2.52. The molecule has 2 aromatic carbocycles. The Labute approximate surface area is 244 Å². The Kier molecular flexibility index (Phi) is 7.82. The van der Waals surface area contributed by atoms with E-state index in [1.54, 1.807) is 17.8 Å². The second-order valence-corrected chi connectivity index (χ2v) is 13.2. The van der Waals surface area contributed by atoms with E-state index in [-0.39, 0.29) is 5.56 Å². The summed E-state index contributed by atoms with van der Waals surface area (Å²) in [5.41, 5.74) is 4.03. The molecule has 4 aliphatic heterocycles. The Hall–Kier alpha value is -2.43. The highest BCUT2D eigenvalue weighted by atomic mass is 32.2. The SMILES string of the molecule is O=c1cc(N2CCOCC2)cc(-c2cccc3c2Sc2ccc(NC4CCCN(C5CCOCC5)C4)cc2S3)[nH]1. The van der Waals surface area contributed by atoms with Gasteiger partial charge in [-0.15, -0.1) is 0 Å². The van der Waals surface area contributed by atoms with Crippen LogP contribution in [-0.2, 0) is 9.47 Å². The highest BCUT2D eigenvalue weighted by molar-refractivity contribution is 8.05. The quantitative estimate of drug-likeness (QED) is 0.321. The molecule has 0 spiro atoms. The third-order valence-electron chi connectivity index (χ3n) is 8.38. The molecule has 2 N–H and O–H groups in total. The zero-order chi connectivity index (χ0) is 26.9. The fourth-order valence-corrected chi connectivity index (χ4v) is 8.74. The minimum absolute atomic E-state index is 0.0701. The molecular weight excluding hydrogens is 541 g/mol. The van der Waals surface area contributed by atoms with E-state index in [0.717, 1.165) is 62.6 Å². The third-order valence-corrected chi connectivity index (χ3v) is 11.0. The number of anilines is 2. The maximum absolute atomic E-state index is 12.7. The molecule has 3 aromatic rings. The lowest BCUT2D eigenvalue weighted by atomic mass is 9.99. The van der Waals surface area contributed by atoms with Gasteiger partial charge in [-0.1, -0.05) is 35.7 Å². The molecule has 0 saturated carbocycles. The van der Waals surface area contributed by atoms with Crippen LogP contribution >= 0.6 is 23.5 Å². The summed E-state index contributed by atoms with van der Waals surface area (Å²) < 4.78 is 11.1. The number of H-pyrrole nitrogens is 1. The van der Waals surface area contributed by atoms with Crippen molar-refractivity contribution in [1.29, 1.82) is 0 Å². The molecule has 1 aromatic heterocycles. The minimum atomic E-state index is -0.0701. The van der Waals surface area contributed by atoms with E-state index in [9.17, 15) is 4.79 Å². The first-order chi connectivity index (χ1) is 19.7. The Balaban J connectivity index is 1.09. The van der Waals surface area contributed by atoms with Gasteiger partial charge in [-0.3, -0.25) is 9.69 Å². The number of hydrogen-bond donors (Lipinski definition) is 2. The molecule has 5 heterocycles. The van der Waals surface area contributed by atoms with Gasteiger partial charge in [0.25, 0.3) is 0 Å². The van der Waals surface area contributed by atoms with E-state index in [1.165, 1.54) is 44.7 Å². The van der Waals surface area contributed by atoms with Crippen molar-refractivity contribution < 1.29 is 9.47 Å². The number of piperidine rings is 1. The monoisotopic (exact) mass is 576 g/mol. The van der Waals surface area contributed by atoms with E-state index in [1.807, 2.05) is 11.8 Å². The van der Waals surface area contributed by atoms with Crippen molar-refractivity contribution in [2.75, 3.05) is 62.8 Å². The van der Waals surface area contributed by atoms with Crippen LogP contribution in [-0.4, -0.2) is 74.6 Å². The smallest absolute Gasteiger partial charge is 0.250 e. The van der Waals surface area contributed by atoms with Crippen molar-refractivity contribution in [2.24, 2.45) is 0 Å². The predicted octanol–water partition coefficient (Wildman–Crippen LogP) is 5.55. The molecule has 7 rings (SSSR count). The van der Waals surface area contributed by atoms with Gasteiger partial charge in [0.1, 0.15) is 0 Å². The van der Waals surface area contributed by atoms with Gasteiger partial charge < -0.3 is 24.7 Å². The lowest BCUT2D eigenvalue weighted by Gasteiger charge is -2.40. The molecule has 9 heteroatoms. The zero-order valence-corrected chi connectivity index (χ0v) is 24.3. The molecule has 7 nitrogen and oxygen atoms in total. The van der Waals surface area contributed by atoms with Gasteiger partial charge in [0, 0.05) is 87.5 Å². The molecule has 1 unspecified atom stereocenters. The number of nitrogens with one attached hydrogen (secondary N) is 2. The summed E-state index contributed by atoms with van der Waals surface area (Å²) in [4.78, 5) is 25.7. The van der Waals surface area contributed by atoms with E-state index in [2.05, 4.69) is 62.6 Å². The van der Waals surface area contributed by atoms with Crippen molar-refractivity contribution >= 4 is 34.9 Å². The summed E-state index contributed by atoms with van der Waals surface area (Å²) in [6.07, 6.45) is 4.78. The number of nitrogens with zero attached hydrogens (tertiary/aromatic N) is 2. The summed E-state index contributed by atoms with van der Waals surface area (Å²) in [5, 5.41) is 3.86. The number of aromatic nitrogens is 1. The van der Waals surface area contributed by atoms with Crippen LogP contribution in [0.15, 0.2) is 72.9 Å². The van der Waals surface area contributed by atoms with E-state index < -0.39 is 0 Å². The molecule has 3 saturated heterocycles. The highest BCUT2D eigenvalue weighted by Gasteiger charge is 2.28. The van der Waals surface area contributed by atoms with Crippen molar-refractivity contribution in [1.82, 2.24) is 9.88 Å². The average molecular weight is 577 g/mol. The summed E-state index contributed by atoms with van der Waals surface area (Å²) in [6, 6.07) is 18.2. The van der Waals surface area contributed by atoms with E-state index in [4.69, 9.17) is 9.47 Å². The van der Waals surface area contributed by atoms with Crippen molar-refractivity contribution in [3.8, 4) is 11.3 Å². The van der Waals surface area contributed by atoms with Crippen molar-refractivity contribution in [2.45, 2.75) is 57.3 Å². The van der Waals surface area contributed by atoms with Crippen LogP contribution in [0.2, 0.25) is 0 Å². The zero-order valence-electron chi connectivity index (χ0n) is 22.7. The largest absolute Gasteiger partial charge is 0.381 e. The van der Waals surface area contributed by atoms with Gasteiger partial charge in [0.05, 0.1) is 18.9 Å². The van der Waals surface area contributed by atoms with Crippen LogP contribution in [0.25, 0.3) is 11.3 Å². The number of likely N-dealkylation sites (tertiary alicyclic amines) is 1. The summed E-state index contributed by atoms with van der Waals surface area (Å²) in [5.74, 6) is 0. The Bertz CT molecular complexity index is 1420. The molecule has 0 aliphatic carbocycles. The standard InChI is InChI=1S/C31H36N4O3S2/c36-30-19-24(34-11-15-38-16-12-34)18-26(33-30)25-4-1-5-28-31(25)40-27-7-6-21(17-29(27)39-28)32-22-3-2-10-35(20-22)23-8-13-37-14-9-23/h1,4-7,17-19,22-23,32H,2-3,8-16,20H2,(H,33,36). The lowest BCUT2D eigenvalue weighted by Crippen LogP contribution is -2.48. The lowest BCUT2D eigenvalue weighted by molar-refractivity contribution is 0.0256. The number of rotatable bonds is 5. The number of fused-ring (bicyclic) bond motifs is 2. The molecule has 210 valence electrons. The number of hydrogen-bond acceptors (Lipinski definition) is 8. The number of aromatic amines is 1. The number of benzene rings is 2. The first-order valence-electron chi connectivity index (χ1n) is 14.5. The van der Waals surface area contributed by atoms with Gasteiger partial charge in [-0.05, 0) is 62.6 Å². The van der Waals surface area contributed by atoms with Gasteiger partial charge in [0.15, 0.2) is 0 Å². The molecule has 0 bridgehead atoms. The second-order valence-electron chi connectivity index (χ2n) is 11.0. The Morgan fingerprint density at radius 3 is 2.58 bits per heavy atom. The molecule has 4 aliphatic rings.